The maximum absolute atomic E-state index is 8.60. The van der Waals surface area contributed by atoms with E-state index < -0.39 is 0 Å². The van der Waals surface area contributed by atoms with Crippen LogP contribution in [0.25, 0.3) is 0 Å². The third-order valence-corrected chi connectivity index (χ3v) is 4.95. The molecular weight excluding hydrogens is 370 g/mol. The van der Waals surface area contributed by atoms with Crippen LogP contribution in [0, 0.1) is 23.7 Å². The molecule has 0 radical (unpaired) electrons. The first-order valence-electron chi connectivity index (χ1n) is 10.4. The van der Waals surface area contributed by atoms with Gasteiger partial charge in [0.15, 0.2) is 0 Å². The molecule has 4 nitrogen and oxygen atoms in total. The number of nitriles is 1. The van der Waals surface area contributed by atoms with E-state index in [0.29, 0.717) is 12.0 Å². The molecular formula is C26H37N3O. The van der Waals surface area contributed by atoms with Gasteiger partial charge in [0.25, 0.3) is 0 Å². The average Bonchev–Trinajstić information content (AvgIpc) is 2.72. The minimum Gasteiger partial charge on any atom is -0.502 e. The van der Waals surface area contributed by atoms with Crippen molar-refractivity contribution in [2.45, 2.75) is 47.0 Å². The Morgan fingerprint density at radius 1 is 1.13 bits per heavy atom. The van der Waals surface area contributed by atoms with Crippen LogP contribution in [0.2, 0.25) is 0 Å². The van der Waals surface area contributed by atoms with Crippen molar-refractivity contribution in [2.24, 2.45) is 5.41 Å². The van der Waals surface area contributed by atoms with Crippen LogP contribution in [0.4, 0.5) is 5.69 Å². The molecule has 30 heavy (non-hydrogen) atoms. The van der Waals surface area contributed by atoms with Crippen LogP contribution in [0.5, 0.6) is 0 Å². The van der Waals surface area contributed by atoms with Crippen LogP contribution in [0.3, 0.4) is 0 Å². The molecule has 0 spiro atoms. The molecule has 0 unspecified atom stereocenters. The largest absolute Gasteiger partial charge is 0.502 e. The van der Waals surface area contributed by atoms with E-state index in [2.05, 4.69) is 81.8 Å². The molecule has 0 saturated carbocycles. The molecule has 2 N–H and O–H groups in total. The number of rotatable bonds is 9. The zero-order valence-corrected chi connectivity index (χ0v) is 19.3. The van der Waals surface area contributed by atoms with Crippen LogP contribution in [0.15, 0.2) is 72.2 Å². The number of anilines is 1. The molecule has 0 amide bonds. The molecule has 0 bridgehead atoms. The third kappa shape index (κ3) is 9.52. The van der Waals surface area contributed by atoms with E-state index in [4.69, 9.17) is 10.00 Å². The van der Waals surface area contributed by atoms with E-state index in [9.17, 15) is 0 Å². The average molecular weight is 408 g/mol. The normalized spacial score (nSPS) is 14.1. The van der Waals surface area contributed by atoms with Crippen LogP contribution in [0.1, 0.15) is 45.6 Å². The predicted octanol–water partition coefficient (Wildman–Crippen LogP) is 6.26. The second-order valence-electron chi connectivity index (χ2n) is 8.26. The summed E-state index contributed by atoms with van der Waals surface area (Å²) in [5.41, 5.74) is 5.79. The lowest BCUT2D eigenvalue weighted by molar-refractivity contribution is 0.281. The summed E-state index contributed by atoms with van der Waals surface area (Å²) in [5.74, 6) is 0.811. The molecule has 162 valence electrons. The van der Waals surface area contributed by atoms with Gasteiger partial charge in [-0.2, -0.15) is 5.26 Å². The van der Waals surface area contributed by atoms with Gasteiger partial charge in [0.05, 0.1) is 18.9 Å². The monoisotopic (exact) mass is 407 g/mol. The van der Waals surface area contributed by atoms with Crippen molar-refractivity contribution in [3.8, 4) is 6.07 Å². The molecule has 0 heterocycles. The molecule has 1 aromatic rings. The highest BCUT2D eigenvalue weighted by atomic mass is 16.5. The van der Waals surface area contributed by atoms with E-state index in [1.807, 2.05) is 12.1 Å². The van der Waals surface area contributed by atoms with Gasteiger partial charge in [0.1, 0.15) is 0 Å². The van der Waals surface area contributed by atoms with Crippen LogP contribution < -0.4 is 10.6 Å². The van der Waals surface area contributed by atoms with Crippen molar-refractivity contribution in [3.05, 3.63) is 77.7 Å². The topological polar surface area (TPSA) is 57.1 Å². The summed E-state index contributed by atoms with van der Waals surface area (Å²) < 4.78 is 4.98. The number of nitrogens with one attached hydrogen (secondary N) is 2. The summed E-state index contributed by atoms with van der Waals surface area (Å²) in [7, 11) is 1.65. The SMILES string of the molecule is C=C(C#N)CCNC1=CC(C)(C)CC=C1C.C=C(CCNc1ccccc1C)OC. The van der Waals surface area contributed by atoms with Gasteiger partial charge in [-0.3, -0.25) is 0 Å². The summed E-state index contributed by atoms with van der Waals surface area (Å²) in [6.45, 7) is 17.7. The minimum atomic E-state index is 0.230. The Balaban J connectivity index is 0.000000303. The molecule has 0 saturated heterocycles. The number of methoxy groups -OCH3 is 1. The zero-order valence-electron chi connectivity index (χ0n) is 19.3. The van der Waals surface area contributed by atoms with Crippen molar-refractivity contribution in [1.29, 1.82) is 5.26 Å². The lowest BCUT2D eigenvalue weighted by Crippen LogP contribution is -2.22. The highest BCUT2D eigenvalue weighted by Crippen LogP contribution is 2.31. The Morgan fingerprint density at radius 3 is 2.43 bits per heavy atom. The number of hydrogen-bond donors (Lipinski definition) is 2. The molecule has 1 aliphatic rings. The first-order chi connectivity index (χ1) is 14.2. The lowest BCUT2D eigenvalue weighted by Gasteiger charge is -2.26. The van der Waals surface area contributed by atoms with E-state index in [0.717, 1.165) is 31.7 Å². The standard InChI is InChI=1S/C14H20N2.C12H17NO/c1-11(10-15)6-8-16-13-9-14(3,4)7-5-12(13)2;1-10-6-4-5-7-12(10)13-9-8-11(2)14-3/h5,9,16H,1,6-8H2,2-4H3;4-7,13H,2,8-9H2,1,3H3. The number of nitrogens with zero attached hydrogens (tertiary/aromatic N) is 1. The molecule has 0 aromatic heterocycles. The van der Waals surface area contributed by atoms with Crippen molar-refractivity contribution in [1.82, 2.24) is 5.32 Å². The van der Waals surface area contributed by atoms with Gasteiger partial charge in [0, 0.05) is 36.5 Å². The Morgan fingerprint density at radius 2 is 1.80 bits per heavy atom. The zero-order chi connectivity index (χ0) is 22.6. The number of ether oxygens (including phenoxy) is 1. The van der Waals surface area contributed by atoms with E-state index in [-0.39, 0.29) is 5.41 Å². The van der Waals surface area contributed by atoms with Crippen molar-refractivity contribution in [2.75, 3.05) is 25.5 Å². The molecule has 1 aliphatic carbocycles. The van der Waals surface area contributed by atoms with Crippen molar-refractivity contribution in [3.63, 3.8) is 0 Å². The summed E-state index contributed by atoms with van der Waals surface area (Å²) in [6.07, 6.45) is 7.18. The first-order valence-corrected chi connectivity index (χ1v) is 10.4. The van der Waals surface area contributed by atoms with Crippen LogP contribution >= 0.6 is 0 Å². The first kappa shape index (κ1) is 25.1. The highest BCUT2D eigenvalue weighted by Gasteiger charge is 2.19. The number of para-hydroxylation sites is 1. The van der Waals surface area contributed by atoms with Gasteiger partial charge in [0.2, 0.25) is 0 Å². The van der Waals surface area contributed by atoms with Gasteiger partial charge in [-0.25, -0.2) is 0 Å². The van der Waals surface area contributed by atoms with Gasteiger partial charge in [-0.05, 0) is 49.3 Å². The molecule has 1 aromatic carbocycles. The van der Waals surface area contributed by atoms with E-state index in [1.54, 1.807) is 7.11 Å². The van der Waals surface area contributed by atoms with Crippen LogP contribution in [-0.4, -0.2) is 20.2 Å². The Kier molecular flexibility index (Phi) is 10.5. The fourth-order valence-corrected chi connectivity index (χ4v) is 2.89. The molecule has 0 aliphatic heterocycles. The molecule has 0 fully saturated rings. The van der Waals surface area contributed by atoms with Gasteiger partial charge >= 0.3 is 0 Å². The van der Waals surface area contributed by atoms with Crippen molar-refractivity contribution < 1.29 is 4.74 Å². The van der Waals surface area contributed by atoms with Crippen LogP contribution in [-0.2, 0) is 4.74 Å². The number of hydrogen-bond acceptors (Lipinski definition) is 4. The number of aryl methyl sites for hydroxylation is 1. The third-order valence-electron chi connectivity index (χ3n) is 4.95. The highest BCUT2D eigenvalue weighted by molar-refractivity contribution is 5.50. The van der Waals surface area contributed by atoms with Gasteiger partial charge in [-0.1, -0.05) is 57.4 Å². The summed E-state index contributed by atoms with van der Waals surface area (Å²) in [5, 5.41) is 15.3. The number of benzene rings is 1. The number of allylic oxidation sites excluding steroid dienone is 3. The van der Waals surface area contributed by atoms with Gasteiger partial charge in [-0.15, -0.1) is 0 Å². The van der Waals surface area contributed by atoms with Gasteiger partial charge < -0.3 is 15.4 Å². The second-order valence-corrected chi connectivity index (χ2v) is 8.26. The maximum Gasteiger partial charge on any atom is 0.0941 e. The summed E-state index contributed by atoms with van der Waals surface area (Å²) >= 11 is 0. The lowest BCUT2D eigenvalue weighted by atomic mass is 9.83. The molecule has 0 atom stereocenters. The Bertz CT molecular complexity index is 825. The molecule has 2 rings (SSSR count). The Labute approximate surface area is 183 Å². The predicted molar refractivity (Wildman–Crippen MR) is 128 cm³/mol. The van der Waals surface area contributed by atoms with E-state index >= 15 is 0 Å². The summed E-state index contributed by atoms with van der Waals surface area (Å²) in [6, 6.07) is 10.3. The van der Waals surface area contributed by atoms with E-state index in [1.165, 1.54) is 22.5 Å². The minimum absolute atomic E-state index is 0.230. The molecule has 4 heteroatoms. The fourth-order valence-electron chi connectivity index (χ4n) is 2.89. The quantitative estimate of drug-likeness (QED) is 0.374. The maximum atomic E-state index is 8.60. The van der Waals surface area contributed by atoms with Crippen molar-refractivity contribution >= 4 is 5.69 Å². The fraction of sp³-hybridized carbons (Fsp3) is 0.423. The summed E-state index contributed by atoms with van der Waals surface area (Å²) in [4.78, 5) is 0. The second kappa shape index (κ2) is 12.6. The smallest absolute Gasteiger partial charge is 0.0941 e. The Hall–Kier alpha value is -2.93.